The molecular formula is C29H28N3O3S+. The second-order valence-electron chi connectivity index (χ2n) is 8.38. The Balaban J connectivity index is 1.29. The molecule has 36 heavy (non-hydrogen) atoms. The molecule has 0 fully saturated rings. The Labute approximate surface area is 215 Å². The molecule has 0 radical (unpaired) electrons. The van der Waals surface area contributed by atoms with Gasteiger partial charge in [-0.2, -0.15) is 0 Å². The predicted molar refractivity (Wildman–Crippen MR) is 145 cm³/mol. The molecule has 0 unspecified atom stereocenters. The summed E-state index contributed by atoms with van der Waals surface area (Å²) < 4.78 is 11.8. The standard InChI is InChI=1S/C29H27N3O3S/c1-36-25-12-8-21(9-13-25)19-31-29(33)22-10-14-26-27(18-22)34-17-5-16-32(26)23-11-15-28(30-20-23)35-24-6-3-2-4-7-24/h2-4,6-15,18,20H,5,16-17,19H2,1H3,(H,31,33)/p+1. The highest BCUT2D eigenvalue weighted by molar-refractivity contribution is 7.77. The number of hydrogen-bond donors (Lipinski definition) is 1. The minimum atomic E-state index is -0.126. The van der Waals surface area contributed by atoms with Gasteiger partial charge in [0, 0.05) is 36.5 Å². The fourth-order valence-electron chi connectivity index (χ4n) is 4.04. The topological polar surface area (TPSA) is 63.7 Å². The zero-order chi connectivity index (χ0) is 24.7. The molecule has 0 saturated carbocycles. The van der Waals surface area contributed by atoms with Crippen LogP contribution in [0.2, 0.25) is 0 Å². The van der Waals surface area contributed by atoms with E-state index in [-0.39, 0.29) is 5.91 Å². The third-order valence-corrected chi connectivity index (χ3v) is 6.76. The molecule has 0 saturated heterocycles. The Morgan fingerprint density at radius 1 is 1.06 bits per heavy atom. The molecule has 2 heterocycles. The van der Waals surface area contributed by atoms with Crippen LogP contribution in [0, 0.1) is 0 Å². The number of carbonyl (C=O) groups is 1. The van der Waals surface area contributed by atoms with E-state index >= 15 is 0 Å². The van der Waals surface area contributed by atoms with E-state index in [9.17, 15) is 4.79 Å². The summed E-state index contributed by atoms with van der Waals surface area (Å²) in [7, 11) is 0. The highest BCUT2D eigenvalue weighted by Gasteiger charge is 2.20. The van der Waals surface area contributed by atoms with Crippen LogP contribution < -0.4 is 19.7 Å². The number of thiol groups is 1. The monoisotopic (exact) mass is 498 g/mol. The number of pyridine rings is 1. The first-order valence-corrected chi connectivity index (χ1v) is 13.2. The zero-order valence-electron chi connectivity index (χ0n) is 20.1. The largest absolute Gasteiger partial charge is 0.491 e. The number of nitrogens with one attached hydrogen (secondary N) is 1. The second kappa shape index (κ2) is 11.2. The molecule has 182 valence electrons. The smallest absolute Gasteiger partial charge is 0.251 e. The predicted octanol–water partition coefficient (Wildman–Crippen LogP) is 5.53. The van der Waals surface area contributed by atoms with Crippen LogP contribution in [0.1, 0.15) is 22.3 Å². The molecule has 4 aromatic rings. The fourth-order valence-corrected chi connectivity index (χ4v) is 4.48. The maximum absolute atomic E-state index is 12.8. The van der Waals surface area contributed by atoms with Crippen LogP contribution in [-0.2, 0) is 18.3 Å². The second-order valence-corrected chi connectivity index (χ2v) is 9.34. The highest BCUT2D eigenvalue weighted by atomic mass is 32.2. The van der Waals surface area contributed by atoms with Gasteiger partial charge in [-0.05, 0) is 60.5 Å². The third kappa shape index (κ3) is 5.63. The molecule has 1 aliphatic rings. The Kier molecular flexibility index (Phi) is 7.38. The maximum atomic E-state index is 12.8. The van der Waals surface area contributed by atoms with Gasteiger partial charge >= 0.3 is 0 Å². The zero-order valence-corrected chi connectivity index (χ0v) is 20.9. The normalized spacial score (nSPS) is 12.8. The SMILES string of the molecule is C[SH+]c1ccc(CNC(=O)c2ccc3c(c2)OCCCN3c2ccc(Oc3ccccc3)nc2)cc1. The molecule has 3 aromatic carbocycles. The molecule has 0 bridgehead atoms. The summed E-state index contributed by atoms with van der Waals surface area (Å²) in [5, 5.41) is 3.01. The summed E-state index contributed by atoms with van der Waals surface area (Å²) in [5.74, 6) is 1.84. The van der Waals surface area contributed by atoms with Gasteiger partial charge in [0.1, 0.15) is 17.8 Å². The molecule has 7 heteroatoms. The average molecular weight is 499 g/mol. The van der Waals surface area contributed by atoms with Crippen molar-refractivity contribution in [3.05, 3.63) is 102 Å². The van der Waals surface area contributed by atoms with Crippen molar-refractivity contribution in [2.45, 2.75) is 17.9 Å². The number of anilines is 2. The Bertz CT molecular complexity index is 1310. The first-order valence-electron chi connectivity index (χ1n) is 11.9. The van der Waals surface area contributed by atoms with Gasteiger partial charge in [0.15, 0.2) is 4.90 Å². The van der Waals surface area contributed by atoms with E-state index in [1.807, 2.05) is 72.8 Å². The van der Waals surface area contributed by atoms with Gasteiger partial charge in [0.05, 0.1) is 24.2 Å². The molecular weight excluding hydrogens is 470 g/mol. The molecule has 5 rings (SSSR count). The number of ether oxygens (including phenoxy) is 2. The fraction of sp³-hybridized carbons (Fsp3) is 0.172. The first kappa shape index (κ1) is 23.8. The maximum Gasteiger partial charge on any atom is 0.251 e. The Morgan fingerprint density at radius 2 is 1.89 bits per heavy atom. The number of nitrogens with zero attached hydrogens (tertiary/aromatic N) is 2. The number of aromatic nitrogens is 1. The lowest BCUT2D eigenvalue weighted by atomic mass is 10.1. The molecule has 1 aliphatic heterocycles. The number of rotatable bonds is 7. The summed E-state index contributed by atoms with van der Waals surface area (Å²) in [5.41, 5.74) is 3.50. The third-order valence-electron chi connectivity index (χ3n) is 5.94. The van der Waals surface area contributed by atoms with E-state index in [1.54, 1.807) is 6.20 Å². The minimum absolute atomic E-state index is 0.126. The van der Waals surface area contributed by atoms with Crippen molar-refractivity contribution in [3.8, 4) is 17.4 Å². The van der Waals surface area contributed by atoms with Crippen LogP contribution in [0.4, 0.5) is 11.4 Å². The number of carbonyl (C=O) groups excluding carboxylic acids is 1. The Hall–Kier alpha value is -3.97. The van der Waals surface area contributed by atoms with Crippen molar-refractivity contribution < 1.29 is 14.3 Å². The van der Waals surface area contributed by atoms with Crippen molar-refractivity contribution in [3.63, 3.8) is 0 Å². The lowest BCUT2D eigenvalue weighted by molar-refractivity contribution is 0.0950. The van der Waals surface area contributed by atoms with Gasteiger partial charge in [-0.3, -0.25) is 4.79 Å². The lowest BCUT2D eigenvalue weighted by Gasteiger charge is -2.24. The van der Waals surface area contributed by atoms with E-state index in [0.717, 1.165) is 35.7 Å². The van der Waals surface area contributed by atoms with Gasteiger partial charge in [-0.15, -0.1) is 0 Å². The van der Waals surface area contributed by atoms with Crippen molar-refractivity contribution in [2.75, 3.05) is 24.3 Å². The van der Waals surface area contributed by atoms with E-state index in [0.29, 0.717) is 30.3 Å². The minimum Gasteiger partial charge on any atom is -0.491 e. The van der Waals surface area contributed by atoms with E-state index in [1.165, 1.54) is 16.7 Å². The van der Waals surface area contributed by atoms with Crippen molar-refractivity contribution >= 4 is 29.0 Å². The summed E-state index contributed by atoms with van der Waals surface area (Å²) in [4.78, 5) is 20.8. The molecule has 1 amide bonds. The van der Waals surface area contributed by atoms with Crippen LogP contribution in [0.25, 0.3) is 0 Å². The first-order chi connectivity index (χ1) is 17.7. The highest BCUT2D eigenvalue weighted by Crippen LogP contribution is 2.37. The van der Waals surface area contributed by atoms with Gasteiger partial charge in [0.25, 0.3) is 5.91 Å². The van der Waals surface area contributed by atoms with E-state index in [4.69, 9.17) is 9.47 Å². The van der Waals surface area contributed by atoms with Crippen LogP contribution in [0.15, 0.2) is 96.0 Å². The van der Waals surface area contributed by atoms with Gasteiger partial charge in [0.2, 0.25) is 5.88 Å². The van der Waals surface area contributed by atoms with Gasteiger partial charge < -0.3 is 19.7 Å². The molecule has 1 N–H and O–H groups in total. The van der Waals surface area contributed by atoms with Crippen LogP contribution in [0.5, 0.6) is 17.4 Å². The van der Waals surface area contributed by atoms with Crippen LogP contribution in [-0.4, -0.2) is 30.3 Å². The molecule has 0 spiro atoms. The number of benzene rings is 3. The summed E-state index contributed by atoms with van der Waals surface area (Å²) in [6.07, 6.45) is 4.76. The quantitative estimate of drug-likeness (QED) is 0.268. The van der Waals surface area contributed by atoms with Crippen molar-refractivity contribution in [1.29, 1.82) is 0 Å². The number of para-hydroxylation sites is 1. The molecule has 6 nitrogen and oxygen atoms in total. The van der Waals surface area contributed by atoms with Crippen LogP contribution in [0.3, 0.4) is 0 Å². The molecule has 0 aliphatic carbocycles. The van der Waals surface area contributed by atoms with Gasteiger partial charge in [-0.1, -0.05) is 30.3 Å². The summed E-state index contributed by atoms with van der Waals surface area (Å²) in [6, 6.07) is 27.3. The Morgan fingerprint density at radius 3 is 2.64 bits per heavy atom. The van der Waals surface area contributed by atoms with Crippen LogP contribution >= 0.6 is 0 Å². The number of hydrogen-bond acceptors (Lipinski definition) is 5. The molecule has 1 aromatic heterocycles. The summed E-state index contributed by atoms with van der Waals surface area (Å²) in [6.45, 7) is 1.85. The number of fused-ring (bicyclic) bond motifs is 1. The number of amides is 1. The van der Waals surface area contributed by atoms with Crippen molar-refractivity contribution in [2.24, 2.45) is 0 Å². The van der Waals surface area contributed by atoms with Gasteiger partial charge in [-0.25, -0.2) is 4.98 Å². The van der Waals surface area contributed by atoms with E-state index < -0.39 is 0 Å². The van der Waals surface area contributed by atoms with E-state index in [2.05, 4.69) is 33.6 Å². The lowest BCUT2D eigenvalue weighted by Crippen LogP contribution is -2.23. The molecule has 0 atom stereocenters. The average Bonchev–Trinajstić information content (AvgIpc) is 3.15. The van der Waals surface area contributed by atoms with Crippen molar-refractivity contribution in [1.82, 2.24) is 10.3 Å². The summed E-state index contributed by atoms with van der Waals surface area (Å²) >= 11 is 1.23.